The molecule has 3 atom stereocenters. The summed E-state index contributed by atoms with van der Waals surface area (Å²) in [6.45, 7) is 10.5. The number of hydrogen-bond acceptors (Lipinski definition) is 3. The van der Waals surface area contributed by atoms with E-state index in [-0.39, 0.29) is 0 Å². The summed E-state index contributed by atoms with van der Waals surface area (Å²) >= 11 is 7.84. The molecule has 1 aromatic rings. The molecule has 1 aliphatic heterocycles. The molecule has 3 rings (SSSR count). The fourth-order valence-corrected chi connectivity index (χ4v) is 4.81. The summed E-state index contributed by atoms with van der Waals surface area (Å²) in [5.41, 5.74) is 0.311. The average molecular weight is 327 g/mol. The van der Waals surface area contributed by atoms with Crippen LogP contribution in [-0.2, 0) is 6.54 Å². The third-order valence-corrected chi connectivity index (χ3v) is 6.70. The van der Waals surface area contributed by atoms with E-state index in [1.165, 1.54) is 30.7 Å². The summed E-state index contributed by atoms with van der Waals surface area (Å²) in [5.74, 6) is 1.61. The van der Waals surface area contributed by atoms with E-state index < -0.39 is 0 Å². The van der Waals surface area contributed by atoms with Gasteiger partial charge in [-0.1, -0.05) is 31.9 Å². The normalized spacial score (nSPS) is 32.3. The Morgan fingerprint density at radius 2 is 2.24 bits per heavy atom. The molecule has 1 aliphatic carbocycles. The number of hydrogen-bond donors (Lipinski definition) is 1. The zero-order valence-electron chi connectivity index (χ0n) is 13.4. The predicted molar refractivity (Wildman–Crippen MR) is 92.1 cm³/mol. The maximum Gasteiger partial charge on any atom is 0.0931 e. The van der Waals surface area contributed by atoms with Crippen LogP contribution < -0.4 is 5.32 Å². The van der Waals surface area contributed by atoms with E-state index in [1.54, 1.807) is 11.3 Å². The summed E-state index contributed by atoms with van der Waals surface area (Å²) in [5, 5.41) is 3.88. The third kappa shape index (κ3) is 3.47. The second-order valence-corrected chi connectivity index (χ2v) is 8.94. The fourth-order valence-electron chi connectivity index (χ4n) is 3.70. The highest BCUT2D eigenvalue weighted by molar-refractivity contribution is 7.16. The Morgan fingerprint density at radius 1 is 1.48 bits per heavy atom. The van der Waals surface area contributed by atoms with Crippen molar-refractivity contribution in [2.45, 2.75) is 58.2 Å². The molecule has 118 valence electrons. The molecule has 0 spiro atoms. The standard InChI is InChI=1S/C17H27ClN2S/c1-4-12(2)15-9-19-17(3,13-5-6-13)11-20(15)10-14-7-8-16(18)21-14/h7-8,12-13,15,19H,4-6,9-11H2,1-3H3. The monoisotopic (exact) mass is 326 g/mol. The average Bonchev–Trinajstić information content (AvgIpc) is 3.24. The molecule has 4 heteroatoms. The largest absolute Gasteiger partial charge is 0.308 e. The van der Waals surface area contributed by atoms with Crippen LogP contribution in [-0.4, -0.2) is 29.6 Å². The van der Waals surface area contributed by atoms with Crippen LogP contribution in [0.3, 0.4) is 0 Å². The van der Waals surface area contributed by atoms with Gasteiger partial charge < -0.3 is 5.32 Å². The van der Waals surface area contributed by atoms with Gasteiger partial charge in [0, 0.05) is 36.1 Å². The van der Waals surface area contributed by atoms with Gasteiger partial charge in [0.25, 0.3) is 0 Å². The van der Waals surface area contributed by atoms with E-state index in [1.807, 2.05) is 6.07 Å². The van der Waals surface area contributed by atoms with Gasteiger partial charge in [0.1, 0.15) is 0 Å². The van der Waals surface area contributed by atoms with Crippen LogP contribution in [0.5, 0.6) is 0 Å². The molecular weight excluding hydrogens is 300 g/mol. The van der Waals surface area contributed by atoms with Gasteiger partial charge in [-0.05, 0) is 43.7 Å². The maximum absolute atomic E-state index is 6.11. The molecule has 2 aliphatic rings. The number of halogens is 1. The number of thiophene rings is 1. The first-order valence-corrected chi connectivity index (χ1v) is 9.44. The number of nitrogens with one attached hydrogen (secondary N) is 1. The third-order valence-electron chi connectivity index (χ3n) is 5.48. The van der Waals surface area contributed by atoms with Gasteiger partial charge in [-0.15, -0.1) is 11.3 Å². The van der Waals surface area contributed by atoms with Crippen molar-refractivity contribution in [3.63, 3.8) is 0 Å². The summed E-state index contributed by atoms with van der Waals surface area (Å²) in [6.07, 6.45) is 4.04. The van der Waals surface area contributed by atoms with Crippen molar-refractivity contribution in [2.24, 2.45) is 11.8 Å². The maximum atomic E-state index is 6.11. The van der Waals surface area contributed by atoms with Crippen LogP contribution in [0.15, 0.2) is 12.1 Å². The fraction of sp³-hybridized carbons (Fsp3) is 0.765. The molecule has 1 saturated carbocycles. The van der Waals surface area contributed by atoms with E-state index in [9.17, 15) is 0 Å². The Balaban J connectivity index is 1.75. The highest BCUT2D eigenvalue weighted by Crippen LogP contribution is 2.42. The van der Waals surface area contributed by atoms with Crippen molar-refractivity contribution in [3.05, 3.63) is 21.3 Å². The zero-order valence-corrected chi connectivity index (χ0v) is 14.9. The lowest BCUT2D eigenvalue weighted by molar-refractivity contribution is 0.0421. The smallest absolute Gasteiger partial charge is 0.0931 e. The Hall–Kier alpha value is -0.0900. The topological polar surface area (TPSA) is 15.3 Å². The minimum absolute atomic E-state index is 0.311. The highest BCUT2D eigenvalue weighted by atomic mass is 35.5. The number of rotatable bonds is 5. The zero-order chi connectivity index (χ0) is 15.0. The molecule has 0 radical (unpaired) electrons. The second kappa shape index (κ2) is 6.19. The summed E-state index contributed by atoms with van der Waals surface area (Å²) in [7, 11) is 0. The van der Waals surface area contributed by atoms with E-state index in [0.717, 1.165) is 29.3 Å². The molecule has 2 fully saturated rings. The minimum atomic E-state index is 0.311. The molecule has 0 bridgehead atoms. The molecule has 2 heterocycles. The number of nitrogens with zero attached hydrogens (tertiary/aromatic N) is 1. The Kier molecular flexibility index (Phi) is 4.66. The minimum Gasteiger partial charge on any atom is -0.308 e. The predicted octanol–water partition coefficient (Wildman–Crippen LogP) is 4.39. The van der Waals surface area contributed by atoms with Crippen LogP contribution >= 0.6 is 22.9 Å². The first-order chi connectivity index (χ1) is 10.0. The van der Waals surface area contributed by atoms with Gasteiger partial charge in [0.15, 0.2) is 0 Å². The number of piperazine rings is 1. The van der Waals surface area contributed by atoms with Crippen molar-refractivity contribution >= 4 is 22.9 Å². The summed E-state index contributed by atoms with van der Waals surface area (Å²) < 4.78 is 0.908. The first kappa shape index (κ1) is 15.8. The molecule has 2 nitrogen and oxygen atoms in total. The van der Waals surface area contributed by atoms with Gasteiger partial charge in [-0.3, -0.25) is 4.90 Å². The molecule has 21 heavy (non-hydrogen) atoms. The lowest BCUT2D eigenvalue weighted by atomic mass is 9.87. The molecule has 0 amide bonds. The van der Waals surface area contributed by atoms with Crippen molar-refractivity contribution in [3.8, 4) is 0 Å². The van der Waals surface area contributed by atoms with Gasteiger partial charge in [0.2, 0.25) is 0 Å². The van der Waals surface area contributed by atoms with Gasteiger partial charge in [-0.25, -0.2) is 0 Å². The van der Waals surface area contributed by atoms with Crippen LogP contribution in [0.2, 0.25) is 4.34 Å². The van der Waals surface area contributed by atoms with Crippen LogP contribution in [0.4, 0.5) is 0 Å². The lowest BCUT2D eigenvalue weighted by Gasteiger charge is -2.48. The van der Waals surface area contributed by atoms with Gasteiger partial charge in [0.05, 0.1) is 4.34 Å². The van der Waals surface area contributed by atoms with Crippen molar-refractivity contribution in [2.75, 3.05) is 13.1 Å². The molecular formula is C17H27ClN2S. The van der Waals surface area contributed by atoms with Crippen LogP contribution in [0, 0.1) is 11.8 Å². The van der Waals surface area contributed by atoms with Crippen molar-refractivity contribution in [1.29, 1.82) is 0 Å². The van der Waals surface area contributed by atoms with Crippen molar-refractivity contribution in [1.82, 2.24) is 10.2 Å². The van der Waals surface area contributed by atoms with Gasteiger partial charge >= 0.3 is 0 Å². The van der Waals surface area contributed by atoms with Crippen molar-refractivity contribution < 1.29 is 0 Å². The Bertz CT molecular complexity index is 485. The molecule has 1 N–H and O–H groups in total. The van der Waals surface area contributed by atoms with E-state index in [2.05, 4.69) is 37.1 Å². The molecule has 1 saturated heterocycles. The SMILES string of the molecule is CCC(C)C1CNC(C)(C2CC2)CN1Cc1ccc(Cl)s1. The molecule has 0 aromatic carbocycles. The molecule has 1 aromatic heterocycles. The van der Waals surface area contributed by atoms with E-state index >= 15 is 0 Å². The summed E-state index contributed by atoms with van der Waals surface area (Å²) in [4.78, 5) is 4.11. The lowest BCUT2D eigenvalue weighted by Crippen LogP contribution is -2.64. The molecule has 3 unspecified atom stereocenters. The quantitative estimate of drug-likeness (QED) is 0.863. The highest BCUT2D eigenvalue weighted by Gasteiger charge is 2.46. The van der Waals surface area contributed by atoms with Crippen LogP contribution in [0.25, 0.3) is 0 Å². The Morgan fingerprint density at radius 3 is 2.81 bits per heavy atom. The van der Waals surface area contributed by atoms with E-state index in [4.69, 9.17) is 11.6 Å². The Labute approximate surface area is 137 Å². The van der Waals surface area contributed by atoms with E-state index in [0.29, 0.717) is 11.6 Å². The second-order valence-electron chi connectivity index (χ2n) is 7.14. The first-order valence-electron chi connectivity index (χ1n) is 8.25. The van der Waals surface area contributed by atoms with Gasteiger partial charge in [-0.2, -0.15) is 0 Å². The van der Waals surface area contributed by atoms with Crippen LogP contribution in [0.1, 0.15) is 44.9 Å². The summed E-state index contributed by atoms with van der Waals surface area (Å²) in [6, 6.07) is 4.86.